The molecule has 0 radical (unpaired) electrons. The van der Waals surface area contributed by atoms with E-state index in [9.17, 15) is 9.59 Å². The number of nitrogens with zero attached hydrogens (tertiary/aromatic N) is 2. The number of rotatable bonds is 6. The van der Waals surface area contributed by atoms with Gasteiger partial charge in [0.05, 0.1) is 12.0 Å². The summed E-state index contributed by atoms with van der Waals surface area (Å²) in [6, 6.07) is 11.1. The number of benzene rings is 1. The van der Waals surface area contributed by atoms with Crippen LogP contribution in [0.15, 0.2) is 52.2 Å². The largest absolute Gasteiger partial charge is 0.467 e. The standard InChI is InChI=1S/C19H20N2O5/c1-13-5-7-14(8-6-13)15-10-16(17-4-3-9-25-17)21(20-15)18(22)11-26-19(23)12-24-2/h3-9,16H,10-12H2,1-2H3/t16-/m0/s1. The second kappa shape index (κ2) is 7.97. The first-order valence-electron chi connectivity index (χ1n) is 8.23. The van der Waals surface area contributed by atoms with Gasteiger partial charge < -0.3 is 13.9 Å². The van der Waals surface area contributed by atoms with Crippen molar-refractivity contribution >= 4 is 17.6 Å². The molecule has 1 amide bonds. The third kappa shape index (κ3) is 4.00. The highest BCUT2D eigenvalue weighted by molar-refractivity contribution is 6.03. The lowest BCUT2D eigenvalue weighted by atomic mass is 10.0. The molecule has 1 aliphatic heterocycles. The summed E-state index contributed by atoms with van der Waals surface area (Å²) < 4.78 is 15.1. The van der Waals surface area contributed by atoms with E-state index in [-0.39, 0.29) is 12.6 Å². The highest BCUT2D eigenvalue weighted by atomic mass is 16.6. The molecule has 7 heteroatoms. The van der Waals surface area contributed by atoms with Gasteiger partial charge in [-0.05, 0) is 24.6 Å². The van der Waals surface area contributed by atoms with E-state index in [2.05, 4.69) is 9.84 Å². The zero-order valence-electron chi connectivity index (χ0n) is 14.7. The minimum Gasteiger partial charge on any atom is -0.467 e. The maximum absolute atomic E-state index is 12.5. The summed E-state index contributed by atoms with van der Waals surface area (Å²) in [7, 11) is 1.38. The van der Waals surface area contributed by atoms with Gasteiger partial charge in [0.15, 0.2) is 6.61 Å². The van der Waals surface area contributed by atoms with Crippen molar-refractivity contribution in [2.45, 2.75) is 19.4 Å². The molecule has 3 rings (SSSR count). The molecule has 2 heterocycles. The van der Waals surface area contributed by atoms with E-state index >= 15 is 0 Å². The average molecular weight is 356 g/mol. The van der Waals surface area contributed by atoms with Crippen LogP contribution in [0.4, 0.5) is 0 Å². The molecule has 0 aliphatic carbocycles. The Bertz CT molecular complexity index is 796. The number of hydrogen-bond acceptors (Lipinski definition) is 6. The highest BCUT2D eigenvalue weighted by Gasteiger charge is 2.35. The predicted molar refractivity (Wildman–Crippen MR) is 93.5 cm³/mol. The summed E-state index contributed by atoms with van der Waals surface area (Å²) >= 11 is 0. The first-order valence-corrected chi connectivity index (χ1v) is 8.23. The Morgan fingerprint density at radius 1 is 1.23 bits per heavy atom. The summed E-state index contributed by atoms with van der Waals surface area (Å²) in [5, 5.41) is 5.79. The number of hydrogen-bond donors (Lipinski definition) is 0. The molecule has 1 aromatic carbocycles. The van der Waals surface area contributed by atoms with Crippen molar-refractivity contribution in [2.24, 2.45) is 5.10 Å². The van der Waals surface area contributed by atoms with E-state index < -0.39 is 18.5 Å². The molecule has 2 aromatic rings. The lowest BCUT2D eigenvalue weighted by Crippen LogP contribution is -2.31. The molecule has 26 heavy (non-hydrogen) atoms. The lowest BCUT2D eigenvalue weighted by Gasteiger charge is -2.19. The van der Waals surface area contributed by atoms with Gasteiger partial charge in [0.2, 0.25) is 0 Å². The molecule has 1 aliphatic rings. The first-order chi connectivity index (χ1) is 12.6. The maximum atomic E-state index is 12.5. The fraction of sp³-hybridized carbons (Fsp3) is 0.316. The summed E-state index contributed by atoms with van der Waals surface area (Å²) in [4.78, 5) is 24.0. The number of amides is 1. The van der Waals surface area contributed by atoms with Crippen LogP contribution in [0.1, 0.15) is 29.3 Å². The molecule has 0 N–H and O–H groups in total. The number of ether oxygens (including phenoxy) is 2. The van der Waals surface area contributed by atoms with Crippen molar-refractivity contribution in [2.75, 3.05) is 20.3 Å². The smallest absolute Gasteiger partial charge is 0.332 e. The molecule has 136 valence electrons. The lowest BCUT2D eigenvalue weighted by molar-refractivity contribution is -0.155. The quantitative estimate of drug-likeness (QED) is 0.743. The van der Waals surface area contributed by atoms with E-state index in [1.54, 1.807) is 18.4 Å². The predicted octanol–water partition coefficient (Wildman–Crippen LogP) is 2.46. The van der Waals surface area contributed by atoms with Crippen LogP contribution in [0.25, 0.3) is 0 Å². The Labute approximate surface area is 151 Å². The van der Waals surface area contributed by atoms with Gasteiger partial charge in [0.1, 0.15) is 18.4 Å². The Morgan fingerprint density at radius 2 is 2.00 bits per heavy atom. The second-order valence-electron chi connectivity index (χ2n) is 5.98. The van der Waals surface area contributed by atoms with Crippen LogP contribution >= 0.6 is 0 Å². The van der Waals surface area contributed by atoms with Crippen LogP contribution in [0.5, 0.6) is 0 Å². The Hall–Kier alpha value is -2.93. The minimum atomic E-state index is -0.600. The minimum absolute atomic E-state index is 0.202. The fourth-order valence-electron chi connectivity index (χ4n) is 2.73. The van der Waals surface area contributed by atoms with E-state index in [4.69, 9.17) is 9.15 Å². The zero-order valence-corrected chi connectivity index (χ0v) is 14.7. The van der Waals surface area contributed by atoms with Crippen molar-refractivity contribution in [3.8, 4) is 0 Å². The molecule has 0 unspecified atom stereocenters. The number of methoxy groups -OCH3 is 1. The van der Waals surface area contributed by atoms with Gasteiger partial charge in [-0.2, -0.15) is 5.10 Å². The number of furan rings is 1. The van der Waals surface area contributed by atoms with E-state index in [1.807, 2.05) is 31.2 Å². The first kappa shape index (κ1) is 17.9. The third-order valence-corrected chi connectivity index (χ3v) is 4.04. The summed E-state index contributed by atoms with van der Waals surface area (Å²) in [5.74, 6) is -0.386. The van der Waals surface area contributed by atoms with Crippen molar-refractivity contribution in [1.29, 1.82) is 0 Å². The number of carbonyl (C=O) groups excluding carboxylic acids is 2. The molecule has 1 aromatic heterocycles. The van der Waals surface area contributed by atoms with Crippen molar-refractivity contribution in [3.05, 3.63) is 59.5 Å². The number of carbonyl (C=O) groups is 2. The Morgan fingerprint density at radius 3 is 2.65 bits per heavy atom. The number of aryl methyl sites for hydroxylation is 1. The van der Waals surface area contributed by atoms with Crippen LogP contribution < -0.4 is 0 Å². The van der Waals surface area contributed by atoms with Gasteiger partial charge in [0.25, 0.3) is 5.91 Å². The monoisotopic (exact) mass is 356 g/mol. The van der Waals surface area contributed by atoms with Crippen LogP contribution in [-0.2, 0) is 19.1 Å². The van der Waals surface area contributed by atoms with Crippen LogP contribution in [-0.4, -0.2) is 42.9 Å². The normalized spacial score (nSPS) is 16.5. The molecule has 1 atom stereocenters. The van der Waals surface area contributed by atoms with E-state index in [0.717, 1.165) is 16.8 Å². The third-order valence-electron chi connectivity index (χ3n) is 4.04. The number of hydrazone groups is 1. The van der Waals surface area contributed by atoms with Gasteiger partial charge in [-0.3, -0.25) is 4.79 Å². The zero-order chi connectivity index (χ0) is 18.5. The summed E-state index contributed by atoms with van der Waals surface area (Å²) in [6.07, 6.45) is 2.08. The topological polar surface area (TPSA) is 81.3 Å². The van der Waals surface area contributed by atoms with Crippen molar-refractivity contribution in [1.82, 2.24) is 5.01 Å². The molecular formula is C19H20N2O5. The Kier molecular flexibility index (Phi) is 5.48. The van der Waals surface area contributed by atoms with Crippen LogP contribution in [0, 0.1) is 6.92 Å². The van der Waals surface area contributed by atoms with E-state index in [1.165, 1.54) is 12.1 Å². The van der Waals surface area contributed by atoms with E-state index in [0.29, 0.717) is 12.2 Å². The van der Waals surface area contributed by atoms with Gasteiger partial charge in [-0.25, -0.2) is 9.80 Å². The van der Waals surface area contributed by atoms with Crippen LogP contribution in [0.3, 0.4) is 0 Å². The van der Waals surface area contributed by atoms with Crippen LogP contribution in [0.2, 0.25) is 0 Å². The summed E-state index contributed by atoms with van der Waals surface area (Å²) in [6.45, 7) is 1.41. The van der Waals surface area contributed by atoms with Crippen molar-refractivity contribution in [3.63, 3.8) is 0 Å². The van der Waals surface area contributed by atoms with Gasteiger partial charge in [-0.1, -0.05) is 29.8 Å². The molecule has 0 spiro atoms. The van der Waals surface area contributed by atoms with Gasteiger partial charge in [-0.15, -0.1) is 0 Å². The van der Waals surface area contributed by atoms with Crippen molar-refractivity contribution < 1.29 is 23.5 Å². The van der Waals surface area contributed by atoms with Gasteiger partial charge >= 0.3 is 5.97 Å². The fourth-order valence-corrected chi connectivity index (χ4v) is 2.73. The SMILES string of the molecule is COCC(=O)OCC(=O)N1N=C(c2ccc(C)cc2)C[C@H]1c1ccco1. The maximum Gasteiger partial charge on any atom is 0.332 e. The molecule has 0 bridgehead atoms. The molecule has 7 nitrogen and oxygen atoms in total. The number of esters is 1. The molecule has 0 fully saturated rings. The second-order valence-corrected chi connectivity index (χ2v) is 5.98. The molecule has 0 saturated heterocycles. The highest BCUT2D eigenvalue weighted by Crippen LogP contribution is 2.33. The summed E-state index contributed by atoms with van der Waals surface area (Å²) in [5.41, 5.74) is 2.87. The van der Waals surface area contributed by atoms with Gasteiger partial charge in [0, 0.05) is 13.5 Å². The molecule has 0 saturated carbocycles. The Balaban J connectivity index is 1.79. The molecular weight excluding hydrogens is 336 g/mol. The average Bonchev–Trinajstić information content (AvgIpc) is 3.30.